The zero-order chi connectivity index (χ0) is 11.3. The van der Waals surface area contributed by atoms with Crippen molar-refractivity contribution in [1.29, 1.82) is 0 Å². The van der Waals surface area contributed by atoms with Crippen molar-refractivity contribution < 1.29 is 9.13 Å². The summed E-state index contributed by atoms with van der Waals surface area (Å²) in [7, 11) is 1.64. The molecule has 0 aliphatic heterocycles. The molecule has 1 aromatic rings. The topological polar surface area (TPSA) is 35.2 Å². The molecule has 1 unspecified atom stereocenters. The molecule has 0 fully saturated rings. The van der Waals surface area contributed by atoms with Crippen molar-refractivity contribution in [1.82, 2.24) is 0 Å². The number of hydrogen-bond acceptors (Lipinski definition) is 2. The van der Waals surface area contributed by atoms with E-state index in [4.69, 9.17) is 22.1 Å². The quantitative estimate of drug-likeness (QED) is 0.845. The van der Waals surface area contributed by atoms with E-state index in [2.05, 4.69) is 0 Å². The van der Waals surface area contributed by atoms with E-state index >= 15 is 0 Å². The van der Waals surface area contributed by atoms with Crippen LogP contribution in [0.25, 0.3) is 0 Å². The van der Waals surface area contributed by atoms with Crippen LogP contribution in [0.3, 0.4) is 0 Å². The first-order valence-corrected chi connectivity index (χ1v) is 5.19. The zero-order valence-electron chi connectivity index (χ0n) is 8.67. The van der Waals surface area contributed by atoms with E-state index in [1.807, 2.05) is 0 Å². The molecule has 2 N–H and O–H groups in total. The minimum atomic E-state index is -0.325. The molecule has 1 aromatic carbocycles. The van der Waals surface area contributed by atoms with Crippen molar-refractivity contribution in [2.45, 2.75) is 18.9 Å². The molecule has 0 bridgehead atoms. The fourth-order valence-corrected chi connectivity index (χ4v) is 1.59. The van der Waals surface area contributed by atoms with E-state index in [1.165, 1.54) is 12.1 Å². The number of benzene rings is 1. The van der Waals surface area contributed by atoms with Crippen LogP contribution in [-0.4, -0.2) is 19.8 Å². The fraction of sp³-hybridized carbons (Fsp3) is 0.455. The second-order valence-corrected chi connectivity index (χ2v) is 3.89. The molecule has 4 heteroatoms. The van der Waals surface area contributed by atoms with Crippen LogP contribution in [0.4, 0.5) is 4.39 Å². The summed E-state index contributed by atoms with van der Waals surface area (Å²) < 4.78 is 17.7. The Kier molecular flexibility index (Phi) is 5.02. The lowest BCUT2D eigenvalue weighted by molar-refractivity contribution is 0.188. The van der Waals surface area contributed by atoms with Crippen molar-refractivity contribution >= 4 is 11.6 Å². The van der Waals surface area contributed by atoms with Crippen LogP contribution in [-0.2, 0) is 11.2 Å². The Morgan fingerprint density at radius 2 is 2.27 bits per heavy atom. The number of ether oxygens (including phenoxy) is 1. The molecule has 0 radical (unpaired) electrons. The number of hydrogen-bond donors (Lipinski definition) is 1. The fourth-order valence-electron chi connectivity index (χ4n) is 1.34. The van der Waals surface area contributed by atoms with Gasteiger partial charge in [-0.25, -0.2) is 4.39 Å². The van der Waals surface area contributed by atoms with Gasteiger partial charge in [0.05, 0.1) is 0 Å². The standard InChI is InChI=1S/C11H15ClFNO/c1-15-5-4-10(14)6-8-2-3-9(13)7-11(8)12/h2-3,7,10H,4-6,14H2,1H3. The lowest BCUT2D eigenvalue weighted by atomic mass is 10.0. The highest BCUT2D eigenvalue weighted by Crippen LogP contribution is 2.18. The van der Waals surface area contributed by atoms with Gasteiger partial charge in [0, 0.05) is 24.8 Å². The number of rotatable bonds is 5. The molecule has 2 nitrogen and oxygen atoms in total. The molecule has 0 aromatic heterocycles. The van der Waals surface area contributed by atoms with Crippen LogP contribution >= 0.6 is 11.6 Å². The average Bonchev–Trinajstić information content (AvgIpc) is 2.19. The van der Waals surface area contributed by atoms with Crippen LogP contribution in [0.5, 0.6) is 0 Å². The van der Waals surface area contributed by atoms with E-state index in [0.717, 1.165) is 12.0 Å². The molecule has 0 amide bonds. The lowest BCUT2D eigenvalue weighted by Gasteiger charge is -2.12. The molecular formula is C11H15ClFNO. The summed E-state index contributed by atoms with van der Waals surface area (Å²) in [5, 5.41) is 0.433. The first kappa shape index (κ1) is 12.4. The number of halogens is 2. The van der Waals surface area contributed by atoms with Crippen LogP contribution in [0.15, 0.2) is 18.2 Å². The van der Waals surface area contributed by atoms with Crippen LogP contribution < -0.4 is 5.73 Å². The maximum absolute atomic E-state index is 12.8. The summed E-state index contributed by atoms with van der Waals surface area (Å²) >= 11 is 5.88. The summed E-state index contributed by atoms with van der Waals surface area (Å²) in [6.07, 6.45) is 1.41. The van der Waals surface area contributed by atoms with E-state index < -0.39 is 0 Å². The third kappa shape index (κ3) is 4.16. The normalized spacial score (nSPS) is 12.8. The van der Waals surface area contributed by atoms with Gasteiger partial charge < -0.3 is 10.5 Å². The van der Waals surface area contributed by atoms with Gasteiger partial charge in [-0.3, -0.25) is 0 Å². The Bertz CT molecular complexity index is 319. The first-order valence-electron chi connectivity index (χ1n) is 4.82. The van der Waals surface area contributed by atoms with Crippen molar-refractivity contribution in [2.24, 2.45) is 5.73 Å². The Hall–Kier alpha value is -0.640. The summed E-state index contributed by atoms with van der Waals surface area (Å²) in [5.41, 5.74) is 6.74. The van der Waals surface area contributed by atoms with Gasteiger partial charge in [0.1, 0.15) is 5.82 Å². The van der Waals surface area contributed by atoms with Gasteiger partial charge in [-0.15, -0.1) is 0 Å². The molecule has 0 spiro atoms. The number of methoxy groups -OCH3 is 1. The monoisotopic (exact) mass is 231 g/mol. The molecule has 0 heterocycles. The second-order valence-electron chi connectivity index (χ2n) is 3.48. The SMILES string of the molecule is COCCC(N)Cc1ccc(F)cc1Cl. The largest absolute Gasteiger partial charge is 0.385 e. The summed E-state index contributed by atoms with van der Waals surface area (Å²) in [6, 6.07) is 4.36. The molecule has 1 rings (SSSR count). The Morgan fingerprint density at radius 3 is 2.87 bits per heavy atom. The smallest absolute Gasteiger partial charge is 0.124 e. The predicted molar refractivity (Wildman–Crippen MR) is 59.6 cm³/mol. The average molecular weight is 232 g/mol. The molecule has 0 saturated heterocycles. The predicted octanol–water partition coefficient (Wildman–Crippen LogP) is 2.39. The van der Waals surface area contributed by atoms with Gasteiger partial charge in [0.25, 0.3) is 0 Å². The third-order valence-electron chi connectivity index (χ3n) is 2.19. The molecule has 0 aliphatic rings. The maximum Gasteiger partial charge on any atom is 0.124 e. The Morgan fingerprint density at radius 1 is 1.53 bits per heavy atom. The first-order chi connectivity index (χ1) is 7.13. The van der Waals surface area contributed by atoms with Crippen molar-refractivity contribution in [2.75, 3.05) is 13.7 Å². The molecule has 0 saturated carbocycles. The van der Waals surface area contributed by atoms with Gasteiger partial charge in [0.2, 0.25) is 0 Å². The highest BCUT2D eigenvalue weighted by atomic mass is 35.5. The van der Waals surface area contributed by atoms with Crippen LogP contribution in [0.2, 0.25) is 5.02 Å². The minimum Gasteiger partial charge on any atom is -0.385 e. The molecule has 0 aliphatic carbocycles. The van der Waals surface area contributed by atoms with E-state index in [9.17, 15) is 4.39 Å². The number of nitrogens with two attached hydrogens (primary N) is 1. The summed E-state index contributed by atoms with van der Waals surface area (Å²) in [6.45, 7) is 0.625. The van der Waals surface area contributed by atoms with Crippen molar-refractivity contribution in [3.63, 3.8) is 0 Å². The van der Waals surface area contributed by atoms with Crippen molar-refractivity contribution in [3.05, 3.63) is 34.6 Å². The van der Waals surface area contributed by atoms with Crippen LogP contribution in [0.1, 0.15) is 12.0 Å². The Labute approximate surface area is 94.2 Å². The molecule has 1 atom stereocenters. The highest BCUT2D eigenvalue weighted by molar-refractivity contribution is 6.31. The van der Waals surface area contributed by atoms with E-state index in [0.29, 0.717) is 18.1 Å². The van der Waals surface area contributed by atoms with Gasteiger partial charge in [-0.2, -0.15) is 0 Å². The minimum absolute atomic E-state index is 0.00656. The zero-order valence-corrected chi connectivity index (χ0v) is 9.43. The van der Waals surface area contributed by atoms with Gasteiger partial charge in [-0.1, -0.05) is 17.7 Å². The van der Waals surface area contributed by atoms with E-state index in [-0.39, 0.29) is 11.9 Å². The summed E-state index contributed by atoms with van der Waals surface area (Å²) in [5.74, 6) is -0.325. The third-order valence-corrected chi connectivity index (χ3v) is 2.54. The highest BCUT2D eigenvalue weighted by Gasteiger charge is 2.07. The van der Waals surface area contributed by atoms with Gasteiger partial charge >= 0.3 is 0 Å². The van der Waals surface area contributed by atoms with Gasteiger partial charge in [-0.05, 0) is 30.5 Å². The van der Waals surface area contributed by atoms with Gasteiger partial charge in [0.15, 0.2) is 0 Å². The lowest BCUT2D eigenvalue weighted by Crippen LogP contribution is -2.24. The van der Waals surface area contributed by atoms with E-state index in [1.54, 1.807) is 13.2 Å². The molecular weight excluding hydrogens is 217 g/mol. The maximum atomic E-state index is 12.8. The molecule has 15 heavy (non-hydrogen) atoms. The summed E-state index contributed by atoms with van der Waals surface area (Å²) in [4.78, 5) is 0. The second kappa shape index (κ2) is 6.05. The van der Waals surface area contributed by atoms with Crippen molar-refractivity contribution in [3.8, 4) is 0 Å². The Balaban J connectivity index is 2.56. The van der Waals surface area contributed by atoms with Crippen LogP contribution in [0, 0.1) is 5.82 Å². The molecule has 84 valence electrons.